The van der Waals surface area contributed by atoms with Crippen molar-refractivity contribution in [3.63, 3.8) is 0 Å². The molecule has 32 heavy (non-hydrogen) atoms. The van der Waals surface area contributed by atoms with Gasteiger partial charge in [-0.1, -0.05) is 62.4 Å². The minimum Gasteiger partial charge on any atom is -0.335 e. The summed E-state index contributed by atoms with van der Waals surface area (Å²) in [6, 6.07) is 18.9. The van der Waals surface area contributed by atoms with Crippen LogP contribution in [0.15, 0.2) is 59.4 Å². The highest BCUT2D eigenvalue weighted by Crippen LogP contribution is 2.23. The molecule has 1 aliphatic rings. The van der Waals surface area contributed by atoms with Crippen LogP contribution < -0.4 is 5.56 Å². The van der Waals surface area contributed by atoms with Crippen LogP contribution in [0, 0.1) is 17.2 Å². The topological polar surface area (TPSA) is 82.2 Å². The highest BCUT2D eigenvalue weighted by molar-refractivity contribution is 6.04. The van der Waals surface area contributed by atoms with Crippen LogP contribution in [0.25, 0.3) is 10.8 Å². The smallest absolute Gasteiger partial charge is 0.275 e. The Bertz CT molecular complexity index is 1200. The maximum atomic E-state index is 13.4. The summed E-state index contributed by atoms with van der Waals surface area (Å²) in [5.41, 5.74) is 1.10. The quantitative estimate of drug-likeness (QED) is 0.623. The van der Waals surface area contributed by atoms with E-state index in [0.717, 1.165) is 5.56 Å². The van der Waals surface area contributed by atoms with Crippen LogP contribution in [0.1, 0.15) is 35.9 Å². The number of piperazine rings is 1. The van der Waals surface area contributed by atoms with E-state index >= 15 is 0 Å². The van der Waals surface area contributed by atoms with Crippen LogP contribution in [0.3, 0.4) is 0 Å². The Balaban J connectivity index is 1.58. The van der Waals surface area contributed by atoms with Crippen LogP contribution >= 0.6 is 0 Å². The van der Waals surface area contributed by atoms with Crippen molar-refractivity contribution in [1.82, 2.24) is 19.6 Å². The van der Waals surface area contributed by atoms with Gasteiger partial charge in [0.2, 0.25) is 0 Å². The van der Waals surface area contributed by atoms with Gasteiger partial charge < -0.3 is 4.90 Å². The molecule has 1 aromatic heterocycles. The lowest BCUT2D eigenvalue weighted by atomic mass is 10.1. The minimum atomic E-state index is -0.333. The summed E-state index contributed by atoms with van der Waals surface area (Å²) >= 11 is 0. The lowest BCUT2D eigenvalue weighted by molar-refractivity contribution is 0.0600. The number of benzene rings is 2. The van der Waals surface area contributed by atoms with Crippen molar-refractivity contribution in [2.75, 3.05) is 26.2 Å². The maximum absolute atomic E-state index is 13.4. The van der Waals surface area contributed by atoms with Crippen molar-refractivity contribution in [2.45, 2.75) is 26.4 Å². The van der Waals surface area contributed by atoms with Gasteiger partial charge in [-0.3, -0.25) is 14.5 Å². The first-order valence-electron chi connectivity index (χ1n) is 11.0. The lowest BCUT2D eigenvalue weighted by Gasteiger charge is -2.37. The summed E-state index contributed by atoms with van der Waals surface area (Å²) in [4.78, 5) is 30.2. The van der Waals surface area contributed by atoms with Crippen molar-refractivity contribution < 1.29 is 4.79 Å². The number of aromatic nitrogens is 2. The molecular weight excluding hydrogens is 402 g/mol. The summed E-state index contributed by atoms with van der Waals surface area (Å²) in [5.74, 6) is 0.0559. The molecule has 1 fully saturated rings. The second-order valence-corrected chi connectivity index (χ2v) is 8.55. The molecule has 0 radical (unpaired) electrons. The molecule has 1 unspecified atom stereocenters. The van der Waals surface area contributed by atoms with E-state index in [-0.39, 0.29) is 23.4 Å². The normalized spacial score (nSPS) is 15.6. The maximum Gasteiger partial charge on any atom is 0.275 e. The van der Waals surface area contributed by atoms with Gasteiger partial charge in [0, 0.05) is 38.1 Å². The lowest BCUT2D eigenvalue weighted by Crippen LogP contribution is -2.50. The molecule has 2 aromatic carbocycles. The third kappa shape index (κ3) is 4.27. The molecule has 1 aliphatic heterocycles. The number of rotatable bonds is 5. The molecule has 1 atom stereocenters. The van der Waals surface area contributed by atoms with E-state index < -0.39 is 0 Å². The Labute approximate surface area is 187 Å². The van der Waals surface area contributed by atoms with Gasteiger partial charge >= 0.3 is 0 Å². The van der Waals surface area contributed by atoms with E-state index in [1.807, 2.05) is 56.3 Å². The van der Waals surface area contributed by atoms with Gasteiger partial charge in [-0.15, -0.1) is 0 Å². The second-order valence-electron chi connectivity index (χ2n) is 8.55. The minimum absolute atomic E-state index is 0.171. The number of nitriles is 1. The number of amides is 1. The summed E-state index contributed by atoms with van der Waals surface area (Å²) in [7, 11) is 0. The molecule has 4 rings (SSSR count). The van der Waals surface area contributed by atoms with Gasteiger partial charge in [-0.05, 0) is 17.5 Å². The molecule has 164 valence electrons. The Morgan fingerprint density at radius 3 is 2.25 bits per heavy atom. The molecule has 0 saturated carbocycles. The molecule has 1 saturated heterocycles. The highest BCUT2D eigenvalue weighted by atomic mass is 16.2. The van der Waals surface area contributed by atoms with Crippen molar-refractivity contribution in [3.8, 4) is 6.07 Å². The fourth-order valence-corrected chi connectivity index (χ4v) is 4.20. The summed E-state index contributed by atoms with van der Waals surface area (Å²) in [6.07, 6.45) is 0. The van der Waals surface area contributed by atoms with Crippen molar-refractivity contribution >= 4 is 16.7 Å². The number of fused-ring (bicyclic) bond motifs is 1. The molecule has 0 spiro atoms. The van der Waals surface area contributed by atoms with Gasteiger partial charge in [0.05, 0.1) is 11.5 Å². The first-order chi connectivity index (χ1) is 15.5. The summed E-state index contributed by atoms with van der Waals surface area (Å²) < 4.78 is 1.41. The van der Waals surface area contributed by atoms with Crippen LogP contribution in [0.2, 0.25) is 0 Å². The number of carbonyl (C=O) groups excluding carboxylic acids is 1. The molecule has 3 aromatic rings. The third-order valence-corrected chi connectivity index (χ3v) is 5.81. The van der Waals surface area contributed by atoms with E-state index in [9.17, 15) is 14.9 Å². The third-order valence-electron chi connectivity index (χ3n) is 5.81. The molecule has 0 N–H and O–H groups in total. The molecule has 1 amide bonds. The van der Waals surface area contributed by atoms with E-state index in [1.165, 1.54) is 4.68 Å². The highest BCUT2D eigenvalue weighted by Gasteiger charge is 2.29. The number of hydrogen-bond acceptors (Lipinski definition) is 5. The van der Waals surface area contributed by atoms with E-state index in [0.29, 0.717) is 49.2 Å². The van der Waals surface area contributed by atoms with Crippen LogP contribution in [0.4, 0.5) is 0 Å². The van der Waals surface area contributed by atoms with Crippen molar-refractivity contribution in [1.29, 1.82) is 5.26 Å². The number of carbonyl (C=O) groups is 1. The SMILES string of the molecule is CC(C)Cn1nc(C(=O)N2CCN(C(C#N)c3ccccc3)CC2)c2ccccc2c1=O. The Morgan fingerprint density at radius 2 is 1.62 bits per heavy atom. The van der Waals surface area contributed by atoms with Crippen LogP contribution in [-0.2, 0) is 6.54 Å². The fraction of sp³-hybridized carbons (Fsp3) is 0.360. The van der Waals surface area contributed by atoms with E-state index in [4.69, 9.17) is 0 Å². The molecule has 7 nitrogen and oxygen atoms in total. The van der Waals surface area contributed by atoms with E-state index in [2.05, 4.69) is 16.1 Å². The monoisotopic (exact) mass is 429 g/mol. The Morgan fingerprint density at radius 1 is 1.00 bits per heavy atom. The molecular formula is C25H27N5O2. The zero-order valence-electron chi connectivity index (χ0n) is 18.4. The van der Waals surface area contributed by atoms with Gasteiger partial charge in [-0.25, -0.2) is 4.68 Å². The molecule has 7 heteroatoms. The van der Waals surface area contributed by atoms with Gasteiger partial charge in [-0.2, -0.15) is 10.4 Å². The summed E-state index contributed by atoms with van der Waals surface area (Å²) in [6.45, 7) is 6.70. The molecule has 0 aliphatic carbocycles. The first kappa shape index (κ1) is 21.7. The standard InChI is InChI=1S/C25H27N5O2/c1-18(2)17-30-24(31)21-11-7-6-10-20(21)23(27-30)25(32)29-14-12-28(13-15-29)22(16-26)19-8-4-3-5-9-19/h3-11,18,22H,12-15,17H2,1-2H3. The average Bonchev–Trinajstić information content (AvgIpc) is 2.82. The van der Waals surface area contributed by atoms with Gasteiger partial charge in [0.1, 0.15) is 6.04 Å². The Kier molecular flexibility index (Phi) is 6.33. The predicted octanol–water partition coefficient (Wildman–Crippen LogP) is 3.08. The zero-order valence-corrected chi connectivity index (χ0v) is 18.4. The second kappa shape index (κ2) is 9.33. The predicted molar refractivity (Wildman–Crippen MR) is 123 cm³/mol. The van der Waals surface area contributed by atoms with Gasteiger partial charge in [0.25, 0.3) is 11.5 Å². The van der Waals surface area contributed by atoms with Crippen LogP contribution in [0.5, 0.6) is 0 Å². The zero-order chi connectivity index (χ0) is 22.7. The van der Waals surface area contributed by atoms with Crippen molar-refractivity contribution in [2.24, 2.45) is 5.92 Å². The number of nitrogens with zero attached hydrogens (tertiary/aromatic N) is 5. The van der Waals surface area contributed by atoms with E-state index in [1.54, 1.807) is 17.0 Å². The van der Waals surface area contributed by atoms with Gasteiger partial charge in [0.15, 0.2) is 5.69 Å². The molecule has 2 heterocycles. The van der Waals surface area contributed by atoms with Crippen molar-refractivity contribution in [3.05, 3.63) is 76.2 Å². The summed E-state index contributed by atoms with van der Waals surface area (Å²) in [5, 5.41) is 15.3. The molecule has 0 bridgehead atoms. The first-order valence-corrected chi connectivity index (χ1v) is 11.0. The number of hydrogen-bond donors (Lipinski definition) is 0. The Hall–Kier alpha value is -3.50. The fourth-order valence-electron chi connectivity index (χ4n) is 4.20. The largest absolute Gasteiger partial charge is 0.335 e. The van der Waals surface area contributed by atoms with Crippen LogP contribution in [-0.4, -0.2) is 51.7 Å². The average molecular weight is 430 g/mol.